The van der Waals surface area contributed by atoms with Gasteiger partial charge in [-0.05, 0) is 24.1 Å². The maximum atomic E-state index is 11.0. The zero-order valence-electron chi connectivity index (χ0n) is 9.62. The van der Waals surface area contributed by atoms with E-state index < -0.39 is 17.4 Å². The monoisotopic (exact) mass is 285 g/mol. The first-order chi connectivity index (χ1) is 7.28. The minimum Gasteiger partial charge on any atom is -0.480 e. The van der Waals surface area contributed by atoms with Gasteiger partial charge in [-0.15, -0.1) is 0 Å². The van der Waals surface area contributed by atoms with Crippen molar-refractivity contribution in [3.8, 4) is 0 Å². The Hall–Kier alpha value is -0.870. The minimum atomic E-state index is -0.982. The summed E-state index contributed by atoms with van der Waals surface area (Å²) in [6.07, 6.45) is 0. The van der Waals surface area contributed by atoms with Crippen LogP contribution in [0.5, 0.6) is 0 Å². The number of carbonyl (C=O) groups is 1. The molecule has 0 saturated carbocycles. The van der Waals surface area contributed by atoms with Crippen molar-refractivity contribution in [2.75, 3.05) is 0 Å². The van der Waals surface area contributed by atoms with Gasteiger partial charge in [-0.3, -0.25) is 4.79 Å². The van der Waals surface area contributed by atoms with Gasteiger partial charge in [-0.1, -0.05) is 41.9 Å². The van der Waals surface area contributed by atoms with E-state index >= 15 is 0 Å². The lowest BCUT2D eigenvalue weighted by atomic mass is 9.76. The van der Waals surface area contributed by atoms with Gasteiger partial charge in [0.05, 0.1) is 0 Å². The van der Waals surface area contributed by atoms with Crippen LogP contribution in [0.15, 0.2) is 22.7 Å². The first-order valence-electron chi connectivity index (χ1n) is 5.02. The van der Waals surface area contributed by atoms with Crippen LogP contribution in [0.2, 0.25) is 0 Å². The number of benzene rings is 1. The lowest BCUT2D eigenvalue weighted by Gasteiger charge is -2.31. The average Bonchev–Trinajstić information content (AvgIpc) is 2.20. The van der Waals surface area contributed by atoms with Crippen molar-refractivity contribution in [2.24, 2.45) is 5.73 Å². The van der Waals surface area contributed by atoms with E-state index in [1.807, 2.05) is 39.0 Å². The van der Waals surface area contributed by atoms with E-state index in [1.165, 1.54) is 0 Å². The molecule has 1 aromatic rings. The molecule has 0 aliphatic rings. The van der Waals surface area contributed by atoms with Crippen molar-refractivity contribution in [3.63, 3.8) is 0 Å². The molecule has 3 nitrogen and oxygen atoms in total. The first-order valence-corrected chi connectivity index (χ1v) is 5.81. The molecule has 0 heterocycles. The SMILES string of the molecule is Cc1c(Br)cccc1C(C)(C)C(N)C(=O)O. The van der Waals surface area contributed by atoms with Gasteiger partial charge < -0.3 is 10.8 Å². The topological polar surface area (TPSA) is 63.3 Å². The fourth-order valence-corrected chi connectivity index (χ4v) is 2.15. The Morgan fingerprint density at radius 3 is 2.56 bits per heavy atom. The summed E-state index contributed by atoms with van der Waals surface area (Å²) in [5.74, 6) is -0.982. The Labute approximate surface area is 104 Å². The molecule has 88 valence electrons. The third-order valence-corrected chi connectivity index (χ3v) is 3.86. The van der Waals surface area contributed by atoms with Crippen LogP contribution >= 0.6 is 15.9 Å². The number of carboxylic acids is 1. The summed E-state index contributed by atoms with van der Waals surface area (Å²) in [4.78, 5) is 11.0. The summed E-state index contributed by atoms with van der Waals surface area (Å²) in [6.45, 7) is 5.65. The number of hydrogen-bond donors (Lipinski definition) is 2. The van der Waals surface area contributed by atoms with Crippen molar-refractivity contribution in [1.29, 1.82) is 0 Å². The molecule has 0 saturated heterocycles. The average molecular weight is 286 g/mol. The molecule has 1 unspecified atom stereocenters. The Balaban J connectivity index is 3.26. The van der Waals surface area contributed by atoms with Crippen LogP contribution in [0.25, 0.3) is 0 Å². The van der Waals surface area contributed by atoms with Crippen LogP contribution in [-0.2, 0) is 10.2 Å². The largest absolute Gasteiger partial charge is 0.480 e. The highest BCUT2D eigenvalue weighted by Gasteiger charge is 2.34. The van der Waals surface area contributed by atoms with Crippen LogP contribution in [-0.4, -0.2) is 17.1 Å². The van der Waals surface area contributed by atoms with Gasteiger partial charge in [0.25, 0.3) is 0 Å². The second-order valence-electron chi connectivity index (χ2n) is 4.45. The van der Waals surface area contributed by atoms with E-state index in [9.17, 15) is 4.79 Å². The molecule has 0 aliphatic carbocycles. The Kier molecular flexibility index (Phi) is 3.76. The van der Waals surface area contributed by atoms with E-state index in [2.05, 4.69) is 15.9 Å². The number of nitrogens with two attached hydrogens (primary N) is 1. The highest BCUT2D eigenvalue weighted by molar-refractivity contribution is 9.10. The summed E-state index contributed by atoms with van der Waals surface area (Å²) < 4.78 is 0.968. The molecule has 0 radical (unpaired) electrons. The number of hydrogen-bond acceptors (Lipinski definition) is 2. The fraction of sp³-hybridized carbons (Fsp3) is 0.417. The number of aliphatic carboxylic acids is 1. The van der Waals surface area contributed by atoms with Crippen molar-refractivity contribution >= 4 is 21.9 Å². The smallest absolute Gasteiger partial charge is 0.321 e. The van der Waals surface area contributed by atoms with Crippen LogP contribution in [0.3, 0.4) is 0 Å². The predicted octanol–water partition coefficient (Wildman–Crippen LogP) is 2.45. The molecular formula is C12H16BrNO2. The molecule has 16 heavy (non-hydrogen) atoms. The lowest BCUT2D eigenvalue weighted by Crippen LogP contribution is -2.47. The molecule has 0 fully saturated rings. The van der Waals surface area contributed by atoms with Gasteiger partial charge in [0.1, 0.15) is 6.04 Å². The van der Waals surface area contributed by atoms with Crippen molar-refractivity contribution in [3.05, 3.63) is 33.8 Å². The molecule has 0 spiro atoms. The highest BCUT2D eigenvalue weighted by atomic mass is 79.9. The third-order valence-electron chi connectivity index (χ3n) is 3.01. The molecule has 0 amide bonds. The Morgan fingerprint density at radius 1 is 1.50 bits per heavy atom. The van der Waals surface area contributed by atoms with Crippen molar-refractivity contribution in [1.82, 2.24) is 0 Å². The zero-order chi connectivity index (χ0) is 12.5. The lowest BCUT2D eigenvalue weighted by molar-refractivity contribution is -0.140. The van der Waals surface area contributed by atoms with E-state index in [1.54, 1.807) is 0 Å². The third kappa shape index (κ3) is 2.28. The number of rotatable bonds is 3. The molecule has 0 bridgehead atoms. The first kappa shape index (κ1) is 13.2. The second kappa shape index (κ2) is 4.55. The molecular weight excluding hydrogens is 270 g/mol. The van der Waals surface area contributed by atoms with Crippen LogP contribution < -0.4 is 5.73 Å². The van der Waals surface area contributed by atoms with Gasteiger partial charge in [0.2, 0.25) is 0 Å². The molecule has 3 N–H and O–H groups in total. The highest BCUT2D eigenvalue weighted by Crippen LogP contribution is 2.32. The van der Waals surface area contributed by atoms with Gasteiger partial charge >= 0.3 is 5.97 Å². The van der Waals surface area contributed by atoms with Crippen LogP contribution in [0.1, 0.15) is 25.0 Å². The van der Waals surface area contributed by atoms with E-state index in [4.69, 9.17) is 10.8 Å². The van der Waals surface area contributed by atoms with E-state index in [-0.39, 0.29) is 0 Å². The van der Waals surface area contributed by atoms with Gasteiger partial charge in [-0.2, -0.15) is 0 Å². The van der Waals surface area contributed by atoms with Gasteiger partial charge in [0.15, 0.2) is 0 Å². The summed E-state index contributed by atoms with van der Waals surface area (Å²) in [6, 6.07) is 4.83. The van der Waals surface area contributed by atoms with E-state index in [0.717, 1.165) is 15.6 Å². The van der Waals surface area contributed by atoms with Crippen LogP contribution in [0, 0.1) is 6.92 Å². The normalized spacial score (nSPS) is 13.6. The summed E-state index contributed by atoms with van der Waals surface area (Å²) >= 11 is 3.44. The Morgan fingerprint density at radius 2 is 2.06 bits per heavy atom. The maximum Gasteiger partial charge on any atom is 0.321 e. The Bertz CT molecular complexity index is 415. The minimum absolute atomic E-state index is 0.598. The van der Waals surface area contributed by atoms with Crippen LogP contribution in [0.4, 0.5) is 0 Å². The quantitative estimate of drug-likeness (QED) is 0.897. The molecule has 1 atom stereocenters. The van der Waals surface area contributed by atoms with Gasteiger partial charge in [0, 0.05) is 9.89 Å². The summed E-state index contributed by atoms with van der Waals surface area (Å²) in [7, 11) is 0. The molecule has 1 rings (SSSR count). The summed E-state index contributed by atoms with van der Waals surface area (Å²) in [5.41, 5.74) is 7.12. The predicted molar refractivity (Wildman–Crippen MR) is 67.5 cm³/mol. The fourth-order valence-electron chi connectivity index (χ4n) is 1.78. The van der Waals surface area contributed by atoms with E-state index in [0.29, 0.717) is 0 Å². The standard InChI is InChI=1S/C12H16BrNO2/c1-7-8(5-4-6-9(7)13)12(2,3)10(14)11(15)16/h4-6,10H,14H2,1-3H3,(H,15,16). The number of halogens is 1. The molecule has 0 aliphatic heterocycles. The summed E-state index contributed by atoms with van der Waals surface area (Å²) in [5, 5.41) is 9.00. The molecule has 4 heteroatoms. The van der Waals surface area contributed by atoms with Crippen molar-refractivity contribution in [2.45, 2.75) is 32.2 Å². The molecule has 0 aromatic heterocycles. The van der Waals surface area contributed by atoms with Gasteiger partial charge in [-0.25, -0.2) is 0 Å². The second-order valence-corrected chi connectivity index (χ2v) is 5.30. The zero-order valence-corrected chi connectivity index (χ0v) is 11.2. The maximum absolute atomic E-state index is 11.0. The van der Waals surface area contributed by atoms with Crippen molar-refractivity contribution < 1.29 is 9.90 Å². The number of carboxylic acid groups (broad SMARTS) is 1. The molecule has 1 aromatic carbocycles.